The summed E-state index contributed by atoms with van der Waals surface area (Å²) in [4.78, 5) is 0. The first-order valence-corrected chi connectivity index (χ1v) is 13.9. The standard InChI is InChI=1S/C28H28N2Si/c1-18-10-12-23-26(16-18)31(4,5)27-17-19(30(2)3)11-13-24(27)28(23)22-14-15-25(29)21-9-7-6-8-20(21)22/h6-17,29H,1-5H3/p+1. The van der Waals surface area contributed by atoms with Crippen LogP contribution < -0.4 is 10.9 Å². The van der Waals surface area contributed by atoms with Crippen LogP contribution in [0.25, 0.3) is 16.3 Å². The van der Waals surface area contributed by atoms with Crippen LogP contribution >= 0.6 is 0 Å². The molecule has 0 saturated heterocycles. The van der Waals surface area contributed by atoms with Crippen molar-refractivity contribution in [2.24, 2.45) is 0 Å². The van der Waals surface area contributed by atoms with Crippen molar-refractivity contribution in [1.82, 2.24) is 0 Å². The van der Waals surface area contributed by atoms with Crippen LogP contribution in [-0.2, 0) is 0 Å². The summed E-state index contributed by atoms with van der Waals surface area (Å²) in [5.74, 6) is 0. The molecule has 31 heavy (non-hydrogen) atoms. The number of rotatable bonds is 1. The summed E-state index contributed by atoms with van der Waals surface area (Å²) < 4.78 is 2.20. The molecule has 3 aromatic rings. The number of hydrogen-bond donors (Lipinski definition) is 1. The zero-order valence-electron chi connectivity index (χ0n) is 19.0. The van der Waals surface area contributed by atoms with Crippen molar-refractivity contribution in [3.05, 3.63) is 100 Å². The number of fused-ring (bicyclic) bond motifs is 3. The maximum Gasteiger partial charge on any atom is 0.199 e. The zero-order chi connectivity index (χ0) is 21.9. The molecule has 0 radical (unpaired) electrons. The fraction of sp³-hybridized carbons (Fsp3) is 0.179. The van der Waals surface area contributed by atoms with Crippen molar-refractivity contribution in [1.29, 1.82) is 0 Å². The average Bonchev–Trinajstić information content (AvgIpc) is 2.75. The van der Waals surface area contributed by atoms with Gasteiger partial charge in [-0.3, -0.25) is 0 Å². The monoisotopic (exact) mass is 421 g/mol. The Balaban J connectivity index is 1.94. The first kappa shape index (κ1) is 19.8. The van der Waals surface area contributed by atoms with Crippen LogP contribution in [-0.4, -0.2) is 32.5 Å². The second kappa shape index (κ2) is 6.93. The fourth-order valence-corrected chi connectivity index (χ4v) is 8.21. The topological polar surface area (TPSA) is 29.0 Å². The van der Waals surface area contributed by atoms with Crippen LogP contribution in [0.5, 0.6) is 0 Å². The maximum atomic E-state index is 6.35. The van der Waals surface area contributed by atoms with Gasteiger partial charge in [0.2, 0.25) is 0 Å². The molecule has 2 nitrogen and oxygen atoms in total. The highest BCUT2D eigenvalue weighted by molar-refractivity contribution is 6.98. The third-order valence-corrected chi connectivity index (χ3v) is 10.3. The Morgan fingerprint density at radius 2 is 1.55 bits per heavy atom. The lowest BCUT2D eigenvalue weighted by Crippen LogP contribution is -2.49. The van der Waals surface area contributed by atoms with Gasteiger partial charge < -0.3 is 5.73 Å². The van der Waals surface area contributed by atoms with Gasteiger partial charge in [0.05, 0.1) is 0 Å². The molecule has 0 fully saturated rings. The predicted octanol–water partition coefficient (Wildman–Crippen LogP) is 5.21. The van der Waals surface area contributed by atoms with E-state index in [4.69, 9.17) is 5.73 Å². The quantitative estimate of drug-likeness (QED) is 0.326. The second-order valence-corrected chi connectivity index (χ2v) is 13.7. The van der Waals surface area contributed by atoms with E-state index < -0.39 is 8.07 Å². The van der Waals surface area contributed by atoms with Gasteiger partial charge in [-0.1, -0.05) is 67.2 Å². The van der Waals surface area contributed by atoms with E-state index in [1.165, 1.54) is 49.3 Å². The van der Waals surface area contributed by atoms with Crippen LogP contribution in [0.4, 0.5) is 5.69 Å². The smallest absolute Gasteiger partial charge is 0.199 e. The first-order valence-electron chi connectivity index (χ1n) is 10.9. The summed E-state index contributed by atoms with van der Waals surface area (Å²) in [6, 6.07) is 19.8. The second-order valence-electron chi connectivity index (χ2n) is 9.42. The molecular weight excluding hydrogens is 392 g/mol. The van der Waals surface area contributed by atoms with E-state index in [9.17, 15) is 0 Å². The van der Waals surface area contributed by atoms with E-state index in [1.807, 2.05) is 0 Å². The van der Waals surface area contributed by atoms with Gasteiger partial charge >= 0.3 is 0 Å². The van der Waals surface area contributed by atoms with Gasteiger partial charge in [0.1, 0.15) is 22.2 Å². The molecule has 154 valence electrons. The summed E-state index contributed by atoms with van der Waals surface area (Å²) in [6.45, 7) is 7.18. The number of nitrogens with two attached hydrogens (primary N) is 1. The number of hydrogen-bond acceptors (Lipinski definition) is 1. The van der Waals surface area contributed by atoms with Crippen molar-refractivity contribution >= 4 is 41.0 Å². The van der Waals surface area contributed by atoms with E-state index in [0.29, 0.717) is 0 Å². The fourth-order valence-electron chi connectivity index (χ4n) is 5.06. The molecular formula is C28H29N2Si+. The molecule has 5 rings (SSSR count). The highest BCUT2D eigenvalue weighted by atomic mass is 28.3. The minimum atomic E-state index is -1.87. The summed E-state index contributed by atoms with van der Waals surface area (Å²) in [7, 11) is 2.37. The molecule has 0 spiro atoms. The molecule has 0 bridgehead atoms. The molecule has 3 heteroatoms. The minimum Gasteiger partial charge on any atom is -0.398 e. The normalized spacial score (nSPS) is 16.8. The van der Waals surface area contributed by atoms with E-state index in [-0.39, 0.29) is 0 Å². The Hall–Kier alpha value is -3.17. The van der Waals surface area contributed by atoms with Crippen LogP contribution in [0.15, 0.2) is 83.6 Å². The van der Waals surface area contributed by atoms with Crippen molar-refractivity contribution in [2.45, 2.75) is 20.0 Å². The van der Waals surface area contributed by atoms with Crippen LogP contribution in [0.2, 0.25) is 13.1 Å². The Labute approximate surface area is 185 Å². The zero-order valence-corrected chi connectivity index (χ0v) is 20.0. The Kier molecular flexibility index (Phi) is 4.42. The van der Waals surface area contributed by atoms with E-state index >= 15 is 0 Å². The molecule has 1 heterocycles. The number of allylic oxidation sites excluding steroid dienone is 5. The van der Waals surface area contributed by atoms with Crippen molar-refractivity contribution in [3.63, 3.8) is 0 Å². The summed E-state index contributed by atoms with van der Waals surface area (Å²) >= 11 is 0. The Bertz CT molecular complexity index is 1380. The molecule has 0 atom stereocenters. The lowest BCUT2D eigenvalue weighted by molar-refractivity contribution is -0.462. The molecule has 0 amide bonds. The van der Waals surface area contributed by atoms with Crippen molar-refractivity contribution in [2.75, 3.05) is 19.8 Å². The van der Waals surface area contributed by atoms with Gasteiger partial charge in [0.15, 0.2) is 5.71 Å². The summed E-state index contributed by atoms with van der Waals surface area (Å²) in [6.07, 6.45) is 7.01. The van der Waals surface area contributed by atoms with Gasteiger partial charge in [0, 0.05) is 23.2 Å². The van der Waals surface area contributed by atoms with Crippen molar-refractivity contribution < 1.29 is 4.58 Å². The number of aryl methyl sites for hydroxylation is 1. The molecule has 1 aliphatic heterocycles. The molecule has 2 aliphatic rings. The maximum absolute atomic E-state index is 6.35. The number of nitrogens with zero attached hydrogens (tertiary/aromatic N) is 1. The van der Waals surface area contributed by atoms with Gasteiger partial charge in [0.25, 0.3) is 0 Å². The molecule has 3 aromatic carbocycles. The largest absolute Gasteiger partial charge is 0.398 e. The average molecular weight is 422 g/mol. The molecule has 2 N–H and O–H groups in total. The third kappa shape index (κ3) is 2.95. The van der Waals surface area contributed by atoms with Crippen LogP contribution in [0.1, 0.15) is 16.7 Å². The minimum absolute atomic E-state index is 0.831. The van der Waals surface area contributed by atoms with E-state index in [0.717, 1.165) is 11.1 Å². The van der Waals surface area contributed by atoms with Crippen LogP contribution in [0.3, 0.4) is 0 Å². The number of nitrogen functional groups attached to an aromatic ring is 1. The van der Waals surface area contributed by atoms with E-state index in [1.54, 1.807) is 0 Å². The van der Waals surface area contributed by atoms with E-state index in [2.05, 4.69) is 112 Å². The van der Waals surface area contributed by atoms with Gasteiger partial charge in [-0.2, -0.15) is 0 Å². The highest BCUT2D eigenvalue weighted by Crippen LogP contribution is 2.43. The Morgan fingerprint density at radius 3 is 2.29 bits per heavy atom. The summed E-state index contributed by atoms with van der Waals surface area (Å²) in [5, 5.41) is 5.36. The van der Waals surface area contributed by atoms with Gasteiger partial charge in [-0.05, 0) is 57.1 Å². The molecule has 0 unspecified atom stereocenters. The molecule has 1 aliphatic carbocycles. The Morgan fingerprint density at radius 1 is 0.839 bits per heavy atom. The number of anilines is 1. The van der Waals surface area contributed by atoms with Crippen molar-refractivity contribution in [3.8, 4) is 0 Å². The lowest BCUT2D eigenvalue weighted by atomic mass is 9.86. The number of benzene rings is 3. The third-order valence-electron chi connectivity index (χ3n) is 6.81. The SMILES string of the molecule is Cc1ccc2c(c1)[Si](C)(C)C1=CC(=[N+](C)C)C=CC1=C2c1ccc(N)c2ccccc12. The van der Waals surface area contributed by atoms with Gasteiger partial charge in [-0.25, -0.2) is 4.58 Å². The molecule has 0 aromatic heterocycles. The van der Waals surface area contributed by atoms with Gasteiger partial charge in [-0.15, -0.1) is 0 Å². The first-order chi connectivity index (χ1) is 14.8. The predicted molar refractivity (Wildman–Crippen MR) is 137 cm³/mol. The highest BCUT2D eigenvalue weighted by Gasteiger charge is 2.40. The summed E-state index contributed by atoms with van der Waals surface area (Å²) in [5.41, 5.74) is 15.1. The lowest BCUT2D eigenvalue weighted by Gasteiger charge is -2.38. The molecule has 0 saturated carbocycles. The van der Waals surface area contributed by atoms with Crippen LogP contribution in [0, 0.1) is 6.92 Å².